The van der Waals surface area contributed by atoms with E-state index in [1.807, 2.05) is 49.4 Å². The van der Waals surface area contributed by atoms with Crippen LogP contribution in [0, 0.1) is 18.3 Å². The smallest absolute Gasteiger partial charge is 0.237 e. The number of aryl methyl sites for hydroxylation is 1. The predicted molar refractivity (Wildman–Crippen MR) is 108 cm³/mol. The Morgan fingerprint density at radius 1 is 1.04 bits per heavy atom. The molecule has 0 heterocycles. The minimum atomic E-state index is 0.0160. The van der Waals surface area contributed by atoms with Gasteiger partial charge >= 0.3 is 0 Å². The van der Waals surface area contributed by atoms with Gasteiger partial charge in [-0.25, -0.2) is 0 Å². The van der Waals surface area contributed by atoms with Crippen molar-refractivity contribution in [2.75, 3.05) is 17.2 Å². The molecule has 0 N–H and O–H groups in total. The fourth-order valence-electron chi connectivity index (χ4n) is 2.76. The van der Waals surface area contributed by atoms with Crippen molar-refractivity contribution in [1.29, 1.82) is 5.26 Å². The Kier molecular flexibility index (Phi) is 5.93. The van der Waals surface area contributed by atoms with Crippen molar-refractivity contribution in [3.63, 3.8) is 0 Å². The maximum absolute atomic E-state index is 12.8. The first-order chi connectivity index (χ1) is 12.7. The van der Waals surface area contributed by atoms with Gasteiger partial charge in [0, 0.05) is 17.1 Å². The van der Waals surface area contributed by atoms with Gasteiger partial charge in [0.05, 0.1) is 18.2 Å². The second-order valence-electron chi connectivity index (χ2n) is 6.09. The van der Waals surface area contributed by atoms with Gasteiger partial charge in [-0.2, -0.15) is 5.26 Å². The standard InChI is InChI=1S/C22H20N2OS/c1-17-7-10-20(11-8-17)24(14-4-13-23)22(25)16-26-21-12-9-18-5-2-3-6-19(18)15-21/h2-3,5-12,15H,4,14,16H2,1H3. The lowest BCUT2D eigenvalue weighted by molar-refractivity contribution is -0.116. The fraction of sp³-hybridized carbons (Fsp3) is 0.182. The summed E-state index contributed by atoms with van der Waals surface area (Å²) >= 11 is 1.53. The Labute approximate surface area is 158 Å². The summed E-state index contributed by atoms with van der Waals surface area (Å²) in [5.41, 5.74) is 1.99. The third-order valence-electron chi connectivity index (χ3n) is 4.18. The SMILES string of the molecule is Cc1ccc(N(CCC#N)C(=O)CSc2ccc3ccccc3c2)cc1. The number of amides is 1. The molecule has 0 unspecified atom stereocenters. The highest BCUT2D eigenvalue weighted by Crippen LogP contribution is 2.25. The second-order valence-corrected chi connectivity index (χ2v) is 7.14. The quantitative estimate of drug-likeness (QED) is 0.568. The van der Waals surface area contributed by atoms with Crippen molar-refractivity contribution in [2.24, 2.45) is 0 Å². The number of nitrogens with zero attached hydrogens (tertiary/aromatic N) is 2. The third kappa shape index (κ3) is 4.44. The molecule has 0 saturated heterocycles. The highest BCUT2D eigenvalue weighted by molar-refractivity contribution is 8.00. The third-order valence-corrected chi connectivity index (χ3v) is 5.16. The zero-order valence-corrected chi connectivity index (χ0v) is 15.5. The van der Waals surface area contributed by atoms with Gasteiger partial charge in [-0.3, -0.25) is 4.79 Å². The van der Waals surface area contributed by atoms with Crippen LogP contribution in [0.5, 0.6) is 0 Å². The molecule has 3 nitrogen and oxygen atoms in total. The number of rotatable bonds is 6. The predicted octanol–water partition coefficient (Wildman–Crippen LogP) is 5.19. The van der Waals surface area contributed by atoms with Crippen LogP contribution in [0.2, 0.25) is 0 Å². The lowest BCUT2D eigenvalue weighted by Gasteiger charge is -2.22. The summed E-state index contributed by atoms with van der Waals surface area (Å²) in [6.07, 6.45) is 0.320. The van der Waals surface area contributed by atoms with E-state index in [1.165, 1.54) is 22.5 Å². The highest BCUT2D eigenvalue weighted by Gasteiger charge is 2.15. The van der Waals surface area contributed by atoms with Crippen LogP contribution >= 0.6 is 11.8 Å². The van der Waals surface area contributed by atoms with Crippen molar-refractivity contribution in [3.8, 4) is 6.07 Å². The number of thioether (sulfide) groups is 1. The molecule has 1 amide bonds. The average molecular weight is 360 g/mol. The van der Waals surface area contributed by atoms with Gasteiger partial charge in [0.2, 0.25) is 5.91 Å². The number of anilines is 1. The summed E-state index contributed by atoms with van der Waals surface area (Å²) in [6, 6.07) is 24.4. The van der Waals surface area contributed by atoms with Crippen molar-refractivity contribution in [3.05, 3.63) is 72.3 Å². The zero-order chi connectivity index (χ0) is 18.4. The minimum absolute atomic E-state index is 0.0160. The monoisotopic (exact) mass is 360 g/mol. The molecule has 0 spiro atoms. The van der Waals surface area contributed by atoms with Crippen LogP contribution < -0.4 is 4.90 Å². The van der Waals surface area contributed by atoms with E-state index < -0.39 is 0 Å². The first-order valence-electron chi connectivity index (χ1n) is 8.53. The molecule has 3 rings (SSSR count). The molecule has 3 aromatic carbocycles. The first-order valence-corrected chi connectivity index (χ1v) is 9.51. The van der Waals surface area contributed by atoms with Gasteiger partial charge in [0.25, 0.3) is 0 Å². The molecule has 4 heteroatoms. The van der Waals surface area contributed by atoms with Gasteiger partial charge in [0.1, 0.15) is 0 Å². The van der Waals surface area contributed by atoms with Crippen molar-refractivity contribution >= 4 is 34.1 Å². The van der Waals surface area contributed by atoms with E-state index in [0.29, 0.717) is 18.7 Å². The van der Waals surface area contributed by atoms with Crippen molar-refractivity contribution < 1.29 is 4.79 Å². The molecule has 130 valence electrons. The molecule has 0 aliphatic carbocycles. The number of carbonyl (C=O) groups excluding carboxylic acids is 1. The second kappa shape index (κ2) is 8.55. The molecule has 26 heavy (non-hydrogen) atoms. The average Bonchev–Trinajstić information content (AvgIpc) is 2.67. The lowest BCUT2D eigenvalue weighted by Crippen LogP contribution is -2.33. The van der Waals surface area contributed by atoms with Crippen LogP contribution in [0.1, 0.15) is 12.0 Å². The molecule has 0 fully saturated rings. The topological polar surface area (TPSA) is 44.1 Å². The molecule has 0 aromatic heterocycles. The highest BCUT2D eigenvalue weighted by atomic mass is 32.2. The van der Waals surface area contributed by atoms with E-state index >= 15 is 0 Å². The largest absolute Gasteiger partial charge is 0.311 e. The van der Waals surface area contributed by atoms with Crippen LogP contribution in [0.25, 0.3) is 10.8 Å². The number of hydrogen-bond donors (Lipinski definition) is 0. The molecule has 0 bridgehead atoms. The Morgan fingerprint density at radius 3 is 2.50 bits per heavy atom. The van der Waals surface area contributed by atoms with Crippen molar-refractivity contribution in [2.45, 2.75) is 18.2 Å². The van der Waals surface area contributed by atoms with Gasteiger partial charge in [-0.05, 0) is 42.0 Å². The van der Waals surface area contributed by atoms with Crippen LogP contribution in [0.3, 0.4) is 0 Å². The maximum Gasteiger partial charge on any atom is 0.237 e. The van der Waals surface area contributed by atoms with Gasteiger partial charge in [-0.15, -0.1) is 11.8 Å². The number of hydrogen-bond acceptors (Lipinski definition) is 3. The Balaban J connectivity index is 1.72. The van der Waals surface area contributed by atoms with E-state index in [1.54, 1.807) is 4.90 Å². The summed E-state index contributed by atoms with van der Waals surface area (Å²) in [4.78, 5) is 15.5. The molecule has 3 aromatic rings. The normalized spacial score (nSPS) is 10.5. The number of benzene rings is 3. The zero-order valence-electron chi connectivity index (χ0n) is 14.7. The van der Waals surface area contributed by atoms with E-state index in [4.69, 9.17) is 5.26 Å². The Bertz CT molecular complexity index is 944. The molecule has 0 aliphatic rings. The molecular weight excluding hydrogens is 340 g/mol. The van der Waals surface area contributed by atoms with Gasteiger partial charge < -0.3 is 4.90 Å². The molecular formula is C22H20N2OS. The van der Waals surface area contributed by atoms with E-state index in [0.717, 1.165) is 16.1 Å². The maximum atomic E-state index is 12.8. The Hall–Kier alpha value is -2.77. The van der Waals surface area contributed by atoms with Crippen LogP contribution in [-0.4, -0.2) is 18.2 Å². The molecule has 0 atom stereocenters. The van der Waals surface area contributed by atoms with E-state index in [2.05, 4.69) is 30.3 Å². The molecule has 0 saturated carbocycles. The van der Waals surface area contributed by atoms with E-state index in [-0.39, 0.29) is 5.91 Å². The van der Waals surface area contributed by atoms with Crippen LogP contribution in [0.4, 0.5) is 5.69 Å². The fourth-order valence-corrected chi connectivity index (χ4v) is 3.59. The van der Waals surface area contributed by atoms with Gasteiger partial charge in [-0.1, -0.05) is 48.0 Å². The van der Waals surface area contributed by atoms with Crippen molar-refractivity contribution in [1.82, 2.24) is 0 Å². The summed E-state index contributed by atoms with van der Waals surface area (Å²) < 4.78 is 0. The van der Waals surface area contributed by atoms with Crippen LogP contribution in [-0.2, 0) is 4.79 Å². The number of fused-ring (bicyclic) bond motifs is 1. The molecule has 0 aliphatic heterocycles. The molecule has 0 radical (unpaired) electrons. The summed E-state index contributed by atoms with van der Waals surface area (Å²) in [5, 5.41) is 11.3. The lowest BCUT2D eigenvalue weighted by atomic mass is 10.1. The van der Waals surface area contributed by atoms with E-state index in [9.17, 15) is 4.79 Å². The number of carbonyl (C=O) groups is 1. The Morgan fingerprint density at radius 2 is 1.77 bits per heavy atom. The van der Waals surface area contributed by atoms with Gasteiger partial charge in [0.15, 0.2) is 0 Å². The number of nitriles is 1. The summed E-state index contributed by atoms with van der Waals surface area (Å²) in [6.45, 7) is 2.43. The summed E-state index contributed by atoms with van der Waals surface area (Å²) in [5.74, 6) is 0.361. The minimum Gasteiger partial charge on any atom is -0.311 e. The van der Waals surface area contributed by atoms with Crippen LogP contribution in [0.15, 0.2) is 71.6 Å². The first kappa shape index (κ1) is 18.0. The summed E-state index contributed by atoms with van der Waals surface area (Å²) in [7, 11) is 0.